The second kappa shape index (κ2) is 3.95. The third-order valence-electron chi connectivity index (χ3n) is 4.71. The summed E-state index contributed by atoms with van der Waals surface area (Å²) in [4.78, 5) is 9.08. The summed E-state index contributed by atoms with van der Waals surface area (Å²) >= 11 is 0. The molecule has 5 heteroatoms. The molecule has 106 valence electrons. The minimum Gasteiger partial charge on any atom is -0.475 e. The summed E-state index contributed by atoms with van der Waals surface area (Å²) in [6.45, 7) is 5.55. The maximum atomic E-state index is 5.97. The van der Waals surface area contributed by atoms with Crippen molar-refractivity contribution in [3.05, 3.63) is 24.3 Å². The molecule has 0 N–H and O–H groups in total. The molecule has 4 rings (SSSR count). The van der Waals surface area contributed by atoms with Crippen LogP contribution in [0.3, 0.4) is 0 Å². The fourth-order valence-corrected chi connectivity index (χ4v) is 3.64. The van der Waals surface area contributed by atoms with Crippen molar-refractivity contribution in [3.63, 3.8) is 0 Å². The molecule has 0 radical (unpaired) electrons. The van der Waals surface area contributed by atoms with Crippen molar-refractivity contribution >= 4 is 5.65 Å². The molecule has 2 fully saturated rings. The van der Waals surface area contributed by atoms with E-state index in [0.717, 1.165) is 37.2 Å². The van der Waals surface area contributed by atoms with Gasteiger partial charge in [0.05, 0.1) is 24.5 Å². The van der Waals surface area contributed by atoms with Gasteiger partial charge in [0.1, 0.15) is 0 Å². The SMILES string of the molecule is CCOc1nccn2cc(C34CCC(C)(C3)OC4)nc12. The fourth-order valence-electron chi connectivity index (χ4n) is 3.64. The number of hydrogen-bond donors (Lipinski definition) is 0. The number of rotatable bonds is 3. The van der Waals surface area contributed by atoms with Crippen LogP contribution in [0.25, 0.3) is 5.65 Å². The monoisotopic (exact) mass is 273 g/mol. The van der Waals surface area contributed by atoms with E-state index in [2.05, 4.69) is 18.1 Å². The third kappa shape index (κ3) is 1.59. The maximum absolute atomic E-state index is 5.97. The lowest BCUT2D eigenvalue weighted by atomic mass is 9.84. The van der Waals surface area contributed by atoms with Crippen LogP contribution in [-0.4, -0.2) is 33.2 Å². The third-order valence-corrected chi connectivity index (χ3v) is 4.71. The Morgan fingerprint density at radius 3 is 3.00 bits per heavy atom. The molecule has 0 spiro atoms. The Bertz CT molecular complexity index is 656. The van der Waals surface area contributed by atoms with Crippen LogP contribution in [0.15, 0.2) is 18.6 Å². The lowest BCUT2D eigenvalue weighted by molar-refractivity contribution is -0.00627. The van der Waals surface area contributed by atoms with Gasteiger partial charge in [-0.15, -0.1) is 0 Å². The lowest BCUT2D eigenvalue weighted by Gasteiger charge is -2.24. The Balaban J connectivity index is 1.80. The number of fused-ring (bicyclic) bond motifs is 3. The molecule has 2 bridgehead atoms. The highest BCUT2D eigenvalue weighted by atomic mass is 16.5. The van der Waals surface area contributed by atoms with Crippen LogP contribution in [0.2, 0.25) is 0 Å². The van der Waals surface area contributed by atoms with Gasteiger partial charge in [-0.05, 0) is 33.1 Å². The van der Waals surface area contributed by atoms with E-state index < -0.39 is 0 Å². The Labute approximate surface area is 117 Å². The van der Waals surface area contributed by atoms with E-state index in [1.54, 1.807) is 6.20 Å². The number of imidazole rings is 1. The van der Waals surface area contributed by atoms with E-state index >= 15 is 0 Å². The largest absolute Gasteiger partial charge is 0.475 e. The molecule has 3 heterocycles. The molecule has 1 aliphatic carbocycles. The van der Waals surface area contributed by atoms with Gasteiger partial charge in [-0.3, -0.25) is 0 Å². The Kier molecular flexibility index (Phi) is 2.40. The van der Waals surface area contributed by atoms with E-state index in [4.69, 9.17) is 14.5 Å². The van der Waals surface area contributed by atoms with Crippen LogP contribution in [0.1, 0.15) is 38.8 Å². The fraction of sp³-hybridized carbons (Fsp3) is 0.600. The quantitative estimate of drug-likeness (QED) is 0.861. The minimum absolute atomic E-state index is 0.0524. The molecule has 1 aliphatic heterocycles. The molecule has 20 heavy (non-hydrogen) atoms. The number of hydrogen-bond acceptors (Lipinski definition) is 4. The average Bonchev–Trinajstić information content (AvgIpc) is 3.09. The Hall–Kier alpha value is -1.62. The predicted molar refractivity (Wildman–Crippen MR) is 74.0 cm³/mol. The first kappa shape index (κ1) is 12.1. The molecule has 2 aromatic rings. The van der Waals surface area contributed by atoms with Crippen LogP contribution in [0.4, 0.5) is 0 Å². The summed E-state index contributed by atoms with van der Waals surface area (Å²) in [5.74, 6) is 0.609. The number of ether oxygens (including phenoxy) is 2. The van der Waals surface area contributed by atoms with Gasteiger partial charge in [0.25, 0.3) is 5.88 Å². The molecule has 2 aromatic heterocycles. The highest BCUT2D eigenvalue weighted by Gasteiger charge is 2.55. The summed E-state index contributed by atoms with van der Waals surface area (Å²) < 4.78 is 13.6. The van der Waals surface area contributed by atoms with Crippen LogP contribution >= 0.6 is 0 Å². The molecule has 5 nitrogen and oxygen atoms in total. The van der Waals surface area contributed by atoms with Gasteiger partial charge >= 0.3 is 0 Å². The second-order valence-electron chi connectivity index (χ2n) is 6.22. The van der Waals surface area contributed by atoms with E-state index in [0.29, 0.717) is 12.5 Å². The smallest absolute Gasteiger partial charge is 0.258 e. The number of nitrogens with zero attached hydrogens (tertiary/aromatic N) is 3. The van der Waals surface area contributed by atoms with E-state index in [1.807, 2.05) is 17.5 Å². The molecular weight excluding hydrogens is 254 g/mol. The highest BCUT2D eigenvalue weighted by Crippen LogP contribution is 2.53. The first-order valence-electron chi connectivity index (χ1n) is 7.25. The van der Waals surface area contributed by atoms with Gasteiger partial charge in [-0.2, -0.15) is 0 Å². The van der Waals surface area contributed by atoms with E-state index in [1.165, 1.54) is 0 Å². The topological polar surface area (TPSA) is 48.7 Å². The van der Waals surface area contributed by atoms with Crippen molar-refractivity contribution in [2.75, 3.05) is 13.2 Å². The zero-order valence-corrected chi connectivity index (χ0v) is 11.9. The molecular formula is C15H19N3O2. The van der Waals surface area contributed by atoms with Gasteiger partial charge in [0.2, 0.25) is 5.65 Å². The molecule has 1 saturated carbocycles. The average molecular weight is 273 g/mol. The van der Waals surface area contributed by atoms with Gasteiger partial charge in [0.15, 0.2) is 0 Å². The molecule has 0 amide bonds. The summed E-state index contributed by atoms with van der Waals surface area (Å²) in [5, 5.41) is 0. The van der Waals surface area contributed by atoms with Gasteiger partial charge in [-0.25, -0.2) is 9.97 Å². The molecule has 1 saturated heterocycles. The summed E-state index contributed by atoms with van der Waals surface area (Å²) in [6.07, 6.45) is 9.14. The zero-order chi connectivity index (χ0) is 13.8. The van der Waals surface area contributed by atoms with Gasteiger partial charge in [-0.1, -0.05) is 0 Å². The predicted octanol–water partition coefficient (Wildman–Crippen LogP) is 2.34. The molecule has 0 aromatic carbocycles. The van der Waals surface area contributed by atoms with Crippen LogP contribution < -0.4 is 4.74 Å². The van der Waals surface area contributed by atoms with Gasteiger partial charge < -0.3 is 13.9 Å². The van der Waals surface area contributed by atoms with Crippen LogP contribution in [-0.2, 0) is 10.2 Å². The van der Waals surface area contributed by atoms with Crippen molar-refractivity contribution in [2.24, 2.45) is 0 Å². The van der Waals surface area contributed by atoms with Crippen molar-refractivity contribution < 1.29 is 9.47 Å². The zero-order valence-electron chi connectivity index (χ0n) is 11.9. The molecule has 2 aliphatic rings. The number of aromatic nitrogens is 3. The van der Waals surface area contributed by atoms with Crippen LogP contribution in [0.5, 0.6) is 5.88 Å². The molecule has 2 unspecified atom stereocenters. The first-order valence-corrected chi connectivity index (χ1v) is 7.25. The second-order valence-corrected chi connectivity index (χ2v) is 6.22. The lowest BCUT2D eigenvalue weighted by Crippen LogP contribution is -2.26. The van der Waals surface area contributed by atoms with E-state index in [-0.39, 0.29) is 11.0 Å². The molecule has 2 atom stereocenters. The van der Waals surface area contributed by atoms with Crippen molar-refractivity contribution in [1.82, 2.24) is 14.4 Å². The Morgan fingerprint density at radius 1 is 1.45 bits per heavy atom. The maximum Gasteiger partial charge on any atom is 0.258 e. The van der Waals surface area contributed by atoms with Gasteiger partial charge in [0, 0.05) is 24.0 Å². The van der Waals surface area contributed by atoms with Crippen LogP contribution in [0, 0.1) is 0 Å². The van der Waals surface area contributed by atoms with Crippen molar-refractivity contribution in [1.29, 1.82) is 0 Å². The van der Waals surface area contributed by atoms with Crippen molar-refractivity contribution in [2.45, 2.75) is 44.1 Å². The minimum atomic E-state index is 0.0524. The summed E-state index contributed by atoms with van der Waals surface area (Å²) in [5.41, 5.74) is 2.06. The van der Waals surface area contributed by atoms with E-state index in [9.17, 15) is 0 Å². The summed E-state index contributed by atoms with van der Waals surface area (Å²) in [7, 11) is 0. The first-order chi connectivity index (χ1) is 9.64. The standard InChI is InChI=1S/C15H19N3O2/c1-3-19-13-12-17-11(8-18(12)7-6-16-13)15-5-4-14(2,9-15)20-10-15/h6-8H,3-5,9-10H2,1-2H3. The highest BCUT2D eigenvalue weighted by molar-refractivity contribution is 5.51. The summed E-state index contributed by atoms with van der Waals surface area (Å²) in [6, 6.07) is 0. The van der Waals surface area contributed by atoms with Crippen molar-refractivity contribution in [3.8, 4) is 5.88 Å². The Morgan fingerprint density at radius 2 is 2.35 bits per heavy atom. The normalized spacial score (nSPS) is 32.1.